The van der Waals surface area contributed by atoms with Crippen molar-refractivity contribution in [1.29, 1.82) is 0 Å². The smallest absolute Gasteiger partial charge is 0.146 e. The molecule has 0 unspecified atom stereocenters. The molecule has 100 valence electrons. The van der Waals surface area contributed by atoms with Crippen molar-refractivity contribution in [1.82, 2.24) is 20.1 Å². The van der Waals surface area contributed by atoms with Gasteiger partial charge >= 0.3 is 0 Å². The maximum Gasteiger partial charge on any atom is 0.146 e. The van der Waals surface area contributed by atoms with E-state index >= 15 is 0 Å². The van der Waals surface area contributed by atoms with Crippen LogP contribution in [0.1, 0.15) is 30.3 Å². The molecule has 0 bridgehead atoms. The predicted molar refractivity (Wildman–Crippen MR) is 74.8 cm³/mol. The van der Waals surface area contributed by atoms with Crippen molar-refractivity contribution in [3.8, 4) is 0 Å². The Hall–Kier alpha value is -1.68. The van der Waals surface area contributed by atoms with Crippen molar-refractivity contribution >= 4 is 0 Å². The molecule has 0 saturated carbocycles. The van der Waals surface area contributed by atoms with E-state index in [4.69, 9.17) is 0 Å². The number of hydrogen-bond donors (Lipinski definition) is 1. The van der Waals surface area contributed by atoms with Crippen LogP contribution in [0.4, 0.5) is 0 Å². The molecule has 4 heteroatoms. The number of nitrogens with zero attached hydrogens (tertiary/aromatic N) is 3. The van der Waals surface area contributed by atoms with Gasteiger partial charge in [-0.25, -0.2) is 0 Å². The van der Waals surface area contributed by atoms with Gasteiger partial charge in [0.2, 0.25) is 0 Å². The number of aryl methyl sites for hydroxylation is 2. The summed E-state index contributed by atoms with van der Waals surface area (Å²) in [5, 5.41) is 11.7. The van der Waals surface area contributed by atoms with Crippen molar-refractivity contribution in [2.24, 2.45) is 0 Å². The minimum absolute atomic E-state index is 0.553. The van der Waals surface area contributed by atoms with Crippen molar-refractivity contribution in [2.75, 3.05) is 0 Å². The monoisotopic (exact) mass is 256 g/mol. The van der Waals surface area contributed by atoms with Gasteiger partial charge < -0.3 is 9.88 Å². The van der Waals surface area contributed by atoms with E-state index in [9.17, 15) is 0 Å². The summed E-state index contributed by atoms with van der Waals surface area (Å²) in [5.41, 5.74) is 3.00. The van der Waals surface area contributed by atoms with Gasteiger partial charge in [0, 0.05) is 12.6 Å². The average Bonchev–Trinajstić information content (AvgIpc) is 2.92. The topological polar surface area (TPSA) is 42.7 Å². The molecule has 1 aliphatic rings. The number of hydrogen-bond acceptors (Lipinski definition) is 3. The van der Waals surface area contributed by atoms with E-state index in [0.29, 0.717) is 6.04 Å². The summed E-state index contributed by atoms with van der Waals surface area (Å²) in [5.74, 6) is 1.03. The standard InChI is InChI=1S/C15H20N4/c1-2-19-11-17-18-15(19)10-16-14-8-7-12-5-3-4-6-13(12)9-14/h3-6,11,14,16H,2,7-10H2,1H3/t14-/m0/s1. The fourth-order valence-corrected chi connectivity index (χ4v) is 2.79. The predicted octanol–water partition coefficient (Wildman–Crippen LogP) is 1.95. The second-order valence-corrected chi connectivity index (χ2v) is 5.12. The molecular formula is C15H20N4. The Balaban J connectivity index is 1.61. The van der Waals surface area contributed by atoms with E-state index in [1.807, 2.05) is 0 Å². The first-order valence-electron chi connectivity index (χ1n) is 7.03. The van der Waals surface area contributed by atoms with Gasteiger partial charge in [-0.15, -0.1) is 10.2 Å². The molecule has 0 radical (unpaired) electrons. The third-order valence-corrected chi connectivity index (χ3v) is 3.93. The van der Waals surface area contributed by atoms with E-state index in [0.717, 1.165) is 25.3 Å². The lowest BCUT2D eigenvalue weighted by Crippen LogP contribution is -2.34. The van der Waals surface area contributed by atoms with Crippen LogP contribution in [0, 0.1) is 0 Å². The van der Waals surface area contributed by atoms with Crippen LogP contribution in [0.2, 0.25) is 0 Å². The molecule has 1 aliphatic carbocycles. The van der Waals surface area contributed by atoms with Crippen LogP contribution in [0.5, 0.6) is 0 Å². The molecule has 19 heavy (non-hydrogen) atoms. The molecule has 2 aromatic rings. The Bertz CT molecular complexity index is 547. The van der Waals surface area contributed by atoms with Gasteiger partial charge in [0.15, 0.2) is 0 Å². The van der Waals surface area contributed by atoms with Crippen LogP contribution >= 0.6 is 0 Å². The van der Waals surface area contributed by atoms with Crippen molar-refractivity contribution in [3.63, 3.8) is 0 Å². The molecule has 1 aromatic heterocycles. The Labute approximate surface area is 113 Å². The van der Waals surface area contributed by atoms with Crippen LogP contribution in [0.3, 0.4) is 0 Å². The van der Waals surface area contributed by atoms with Gasteiger partial charge in [-0.05, 0) is 37.3 Å². The highest BCUT2D eigenvalue weighted by atomic mass is 15.3. The summed E-state index contributed by atoms with van der Waals surface area (Å²) in [4.78, 5) is 0. The molecule has 3 rings (SSSR count). The van der Waals surface area contributed by atoms with Crippen molar-refractivity contribution in [3.05, 3.63) is 47.5 Å². The first-order chi connectivity index (χ1) is 9.36. The highest BCUT2D eigenvalue weighted by Crippen LogP contribution is 2.21. The van der Waals surface area contributed by atoms with Crippen LogP contribution in [0.15, 0.2) is 30.6 Å². The quantitative estimate of drug-likeness (QED) is 0.909. The van der Waals surface area contributed by atoms with Gasteiger partial charge in [0.05, 0.1) is 6.54 Å². The van der Waals surface area contributed by atoms with Crippen LogP contribution < -0.4 is 5.32 Å². The highest BCUT2D eigenvalue weighted by Gasteiger charge is 2.18. The van der Waals surface area contributed by atoms with E-state index in [1.165, 1.54) is 24.0 Å². The summed E-state index contributed by atoms with van der Waals surface area (Å²) in [6.07, 6.45) is 5.30. The molecule has 0 fully saturated rings. The summed E-state index contributed by atoms with van der Waals surface area (Å²) in [7, 11) is 0. The van der Waals surface area contributed by atoms with E-state index in [1.54, 1.807) is 6.33 Å². The van der Waals surface area contributed by atoms with Gasteiger partial charge in [-0.3, -0.25) is 0 Å². The average molecular weight is 256 g/mol. The Morgan fingerprint density at radius 2 is 2.16 bits per heavy atom. The maximum atomic E-state index is 4.17. The number of nitrogens with one attached hydrogen (secondary N) is 1. The maximum absolute atomic E-state index is 4.17. The number of fused-ring (bicyclic) bond motifs is 1. The minimum Gasteiger partial charge on any atom is -0.317 e. The zero-order chi connectivity index (χ0) is 13.1. The Morgan fingerprint density at radius 3 is 3.00 bits per heavy atom. The van der Waals surface area contributed by atoms with Crippen molar-refractivity contribution in [2.45, 2.75) is 45.3 Å². The van der Waals surface area contributed by atoms with Crippen LogP contribution in [-0.2, 0) is 25.9 Å². The molecule has 0 saturated heterocycles. The lowest BCUT2D eigenvalue weighted by Gasteiger charge is -2.25. The minimum atomic E-state index is 0.553. The molecule has 0 aliphatic heterocycles. The zero-order valence-electron chi connectivity index (χ0n) is 11.3. The summed E-state index contributed by atoms with van der Waals surface area (Å²) in [6.45, 7) is 3.85. The first kappa shape index (κ1) is 12.4. The second-order valence-electron chi connectivity index (χ2n) is 5.12. The summed E-state index contributed by atoms with van der Waals surface area (Å²) < 4.78 is 2.09. The van der Waals surface area contributed by atoms with Gasteiger partial charge in [0.1, 0.15) is 12.2 Å². The molecule has 0 amide bonds. The van der Waals surface area contributed by atoms with Gasteiger partial charge in [-0.1, -0.05) is 24.3 Å². The number of aromatic nitrogens is 3. The largest absolute Gasteiger partial charge is 0.317 e. The Morgan fingerprint density at radius 1 is 1.32 bits per heavy atom. The number of benzene rings is 1. The van der Waals surface area contributed by atoms with Crippen molar-refractivity contribution < 1.29 is 0 Å². The third kappa shape index (κ3) is 2.68. The fourth-order valence-electron chi connectivity index (χ4n) is 2.79. The normalized spacial score (nSPS) is 18.3. The fraction of sp³-hybridized carbons (Fsp3) is 0.467. The van der Waals surface area contributed by atoms with Gasteiger partial charge in [-0.2, -0.15) is 0 Å². The highest BCUT2D eigenvalue weighted by molar-refractivity contribution is 5.30. The lowest BCUT2D eigenvalue weighted by atomic mass is 9.88. The van der Waals surface area contributed by atoms with Crippen LogP contribution in [0.25, 0.3) is 0 Å². The summed E-state index contributed by atoms with van der Waals surface area (Å²) >= 11 is 0. The second kappa shape index (κ2) is 5.53. The summed E-state index contributed by atoms with van der Waals surface area (Å²) in [6, 6.07) is 9.32. The molecule has 0 spiro atoms. The molecular weight excluding hydrogens is 236 g/mol. The zero-order valence-corrected chi connectivity index (χ0v) is 11.3. The Kier molecular flexibility index (Phi) is 3.60. The van der Waals surface area contributed by atoms with E-state index in [2.05, 4.69) is 51.3 Å². The number of rotatable bonds is 4. The van der Waals surface area contributed by atoms with E-state index < -0.39 is 0 Å². The molecule has 1 N–H and O–H groups in total. The molecule has 1 atom stereocenters. The van der Waals surface area contributed by atoms with Gasteiger partial charge in [0.25, 0.3) is 0 Å². The van der Waals surface area contributed by atoms with E-state index in [-0.39, 0.29) is 0 Å². The molecule has 1 aromatic carbocycles. The van der Waals surface area contributed by atoms with Crippen LogP contribution in [-0.4, -0.2) is 20.8 Å². The third-order valence-electron chi connectivity index (χ3n) is 3.93. The SMILES string of the molecule is CCn1cnnc1CN[C@H]1CCc2ccccc2C1. The molecule has 4 nitrogen and oxygen atoms in total. The first-order valence-corrected chi connectivity index (χ1v) is 7.03. The lowest BCUT2D eigenvalue weighted by molar-refractivity contribution is 0.445. The molecule has 1 heterocycles.